The van der Waals surface area contributed by atoms with E-state index >= 15 is 0 Å². The largest absolute Gasteiger partial charge is 0.494 e. The number of anilines is 1. The molecule has 1 aliphatic rings. The molecule has 0 radical (unpaired) electrons. The molecule has 1 aliphatic heterocycles. The molecule has 1 saturated heterocycles. The fourth-order valence-corrected chi connectivity index (χ4v) is 3.50. The van der Waals surface area contributed by atoms with Gasteiger partial charge in [0.15, 0.2) is 0 Å². The zero-order valence-electron chi connectivity index (χ0n) is 15.5. The van der Waals surface area contributed by atoms with Crippen molar-refractivity contribution in [3.63, 3.8) is 0 Å². The second kappa shape index (κ2) is 7.65. The van der Waals surface area contributed by atoms with Crippen LogP contribution >= 0.6 is 0 Å². The number of nitro benzene ring substituents is 1. The van der Waals surface area contributed by atoms with E-state index in [-0.39, 0.29) is 23.5 Å². The van der Waals surface area contributed by atoms with Crippen molar-refractivity contribution in [2.75, 3.05) is 19.0 Å². The molecule has 0 saturated carbocycles. The first-order valence-corrected chi connectivity index (χ1v) is 8.81. The predicted molar refractivity (Wildman–Crippen MR) is 98.0 cm³/mol. The highest BCUT2D eigenvalue weighted by atomic mass is 16.6. The number of aromatic nitrogens is 1. The minimum absolute atomic E-state index is 0.100. The van der Waals surface area contributed by atoms with Gasteiger partial charge in [-0.25, -0.2) is 4.79 Å². The summed E-state index contributed by atoms with van der Waals surface area (Å²) in [7, 11) is 1.40. The molecule has 9 nitrogen and oxygen atoms in total. The average Bonchev–Trinajstić information content (AvgIpc) is 3.27. The van der Waals surface area contributed by atoms with E-state index in [1.807, 2.05) is 13.8 Å². The van der Waals surface area contributed by atoms with Crippen LogP contribution in [0.3, 0.4) is 0 Å². The number of nitro groups is 1. The molecule has 1 atom stereocenters. The normalized spacial score (nSPS) is 16.4. The lowest BCUT2D eigenvalue weighted by molar-refractivity contribution is -0.384. The first-order chi connectivity index (χ1) is 13.0. The van der Waals surface area contributed by atoms with E-state index in [0.717, 1.165) is 29.9 Å². The number of methoxy groups -OCH3 is 1. The highest BCUT2D eigenvalue weighted by Gasteiger charge is 2.34. The Labute approximate surface area is 156 Å². The number of aryl methyl sites for hydroxylation is 2. The van der Waals surface area contributed by atoms with Gasteiger partial charge in [0.1, 0.15) is 11.5 Å². The van der Waals surface area contributed by atoms with Gasteiger partial charge in [0.25, 0.3) is 5.69 Å². The van der Waals surface area contributed by atoms with Gasteiger partial charge >= 0.3 is 6.03 Å². The molecule has 0 aliphatic carbocycles. The number of nitrogens with one attached hydrogen (secondary N) is 1. The van der Waals surface area contributed by atoms with Crippen molar-refractivity contribution < 1.29 is 19.0 Å². The summed E-state index contributed by atoms with van der Waals surface area (Å²) in [5.74, 6) is 1.04. The van der Waals surface area contributed by atoms with Crippen LogP contribution in [0.1, 0.15) is 42.8 Å². The number of likely N-dealkylation sites (tertiary alicyclic amines) is 1. The van der Waals surface area contributed by atoms with Gasteiger partial charge in [-0.1, -0.05) is 12.1 Å². The number of amides is 2. The number of benzene rings is 1. The number of non-ortho nitro benzene ring substituents is 1. The van der Waals surface area contributed by atoms with Gasteiger partial charge in [-0.2, -0.15) is 0 Å². The van der Waals surface area contributed by atoms with Crippen LogP contribution < -0.4 is 10.1 Å². The Kier molecular flexibility index (Phi) is 5.29. The minimum Gasteiger partial charge on any atom is -0.494 e. The monoisotopic (exact) mass is 374 g/mol. The molecule has 144 valence electrons. The Morgan fingerprint density at radius 2 is 2.30 bits per heavy atom. The number of carbonyl (C=O) groups is 1. The number of carbonyl (C=O) groups excluding carboxylic acids is 1. The van der Waals surface area contributed by atoms with Gasteiger partial charge in [0.2, 0.25) is 0 Å². The van der Waals surface area contributed by atoms with Gasteiger partial charge < -0.3 is 19.5 Å². The summed E-state index contributed by atoms with van der Waals surface area (Å²) in [6.45, 7) is 4.48. The molecule has 0 bridgehead atoms. The van der Waals surface area contributed by atoms with Crippen molar-refractivity contribution in [2.24, 2.45) is 0 Å². The fraction of sp³-hybridized carbons (Fsp3) is 0.444. The van der Waals surface area contributed by atoms with Crippen LogP contribution in [-0.2, 0) is 6.42 Å². The summed E-state index contributed by atoms with van der Waals surface area (Å²) < 4.78 is 10.6. The SMILES string of the molecule is CCc1onc(C)c1C1CCCN1C(=O)Nc1ccc([N+](=O)[O-])cc1OC. The van der Waals surface area contributed by atoms with E-state index in [1.54, 1.807) is 4.90 Å². The number of urea groups is 1. The lowest BCUT2D eigenvalue weighted by atomic mass is 10.0. The number of hydrogen-bond donors (Lipinski definition) is 1. The molecule has 1 aromatic heterocycles. The molecule has 2 heterocycles. The Morgan fingerprint density at radius 1 is 1.52 bits per heavy atom. The van der Waals surface area contributed by atoms with Crippen LogP contribution in [0, 0.1) is 17.0 Å². The average molecular weight is 374 g/mol. The molecular formula is C18H22N4O5. The molecule has 1 aromatic carbocycles. The maximum Gasteiger partial charge on any atom is 0.322 e. The van der Waals surface area contributed by atoms with Gasteiger partial charge in [-0.3, -0.25) is 10.1 Å². The molecule has 3 rings (SSSR count). The van der Waals surface area contributed by atoms with Crippen LogP contribution in [0.15, 0.2) is 22.7 Å². The van der Waals surface area contributed by atoms with Crippen molar-refractivity contribution >= 4 is 17.4 Å². The summed E-state index contributed by atoms with van der Waals surface area (Å²) in [6, 6.07) is 3.71. The van der Waals surface area contributed by atoms with Crippen molar-refractivity contribution in [2.45, 2.75) is 39.2 Å². The zero-order valence-corrected chi connectivity index (χ0v) is 15.5. The zero-order chi connectivity index (χ0) is 19.6. The second-order valence-electron chi connectivity index (χ2n) is 6.38. The number of ether oxygens (including phenoxy) is 1. The third-order valence-electron chi connectivity index (χ3n) is 4.79. The summed E-state index contributed by atoms with van der Waals surface area (Å²) in [5, 5.41) is 17.8. The van der Waals surface area contributed by atoms with E-state index in [9.17, 15) is 14.9 Å². The predicted octanol–water partition coefficient (Wildman–Crippen LogP) is 3.83. The topological polar surface area (TPSA) is 111 Å². The molecule has 1 N–H and O–H groups in total. The van der Waals surface area contributed by atoms with Crippen molar-refractivity contribution in [3.05, 3.63) is 45.3 Å². The Bertz CT molecular complexity index is 863. The number of nitrogens with zero attached hydrogens (tertiary/aromatic N) is 3. The Hall–Kier alpha value is -3.10. The standard InChI is InChI=1S/C18H22N4O5/c1-4-15-17(11(2)20-27-15)14-6-5-9-21(14)18(23)19-13-8-7-12(22(24)25)10-16(13)26-3/h7-8,10,14H,4-6,9H2,1-3H3,(H,19,23). The van der Waals surface area contributed by atoms with Crippen LogP contribution in [0.5, 0.6) is 5.75 Å². The first-order valence-electron chi connectivity index (χ1n) is 8.81. The molecule has 9 heteroatoms. The molecule has 2 aromatic rings. The first kappa shape index (κ1) is 18.7. The van der Waals surface area contributed by atoms with E-state index in [4.69, 9.17) is 9.26 Å². The van der Waals surface area contributed by atoms with Gasteiger partial charge in [-0.15, -0.1) is 0 Å². The minimum atomic E-state index is -0.508. The second-order valence-corrected chi connectivity index (χ2v) is 6.38. The lowest BCUT2D eigenvalue weighted by Crippen LogP contribution is -2.35. The third-order valence-corrected chi connectivity index (χ3v) is 4.79. The van der Waals surface area contributed by atoms with E-state index in [1.165, 1.54) is 25.3 Å². The third kappa shape index (κ3) is 3.57. The Balaban J connectivity index is 1.83. The Morgan fingerprint density at radius 3 is 2.96 bits per heavy atom. The molecule has 1 unspecified atom stereocenters. The van der Waals surface area contributed by atoms with E-state index in [2.05, 4.69) is 10.5 Å². The highest BCUT2D eigenvalue weighted by Crippen LogP contribution is 2.37. The highest BCUT2D eigenvalue weighted by molar-refractivity contribution is 5.91. The van der Waals surface area contributed by atoms with E-state index < -0.39 is 4.92 Å². The van der Waals surface area contributed by atoms with Crippen molar-refractivity contribution in [3.8, 4) is 5.75 Å². The fourth-order valence-electron chi connectivity index (χ4n) is 3.50. The maximum atomic E-state index is 12.9. The van der Waals surface area contributed by atoms with Crippen LogP contribution in [0.2, 0.25) is 0 Å². The molecule has 2 amide bonds. The quantitative estimate of drug-likeness (QED) is 0.629. The van der Waals surface area contributed by atoms with Gasteiger partial charge in [0.05, 0.1) is 35.5 Å². The molecule has 1 fully saturated rings. The van der Waals surface area contributed by atoms with Gasteiger partial charge in [-0.05, 0) is 25.8 Å². The molecular weight excluding hydrogens is 352 g/mol. The maximum absolute atomic E-state index is 12.9. The summed E-state index contributed by atoms with van der Waals surface area (Å²) >= 11 is 0. The van der Waals surface area contributed by atoms with Crippen molar-refractivity contribution in [1.29, 1.82) is 0 Å². The smallest absolute Gasteiger partial charge is 0.322 e. The van der Waals surface area contributed by atoms with Crippen LogP contribution in [-0.4, -0.2) is 34.7 Å². The van der Waals surface area contributed by atoms with Crippen LogP contribution in [0.4, 0.5) is 16.2 Å². The molecule has 27 heavy (non-hydrogen) atoms. The number of hydrogen-bond acceptors (Lipinski definition) is 6. The van der Waals surface area contributed by atoms with Crippen LogP contribution in [0.25, 0.3) is 0 Å². The van der Waals surface area contributed by atoms with E-state index in [0.29, 0.717) is 18.7 Å². The van der Waals surface area contributed by atoms with Crippen molar-refractivity contribution in [1.82, 2.24) is 10.1 Å². The lowest BCUT2D eigenvalue weighted by Gasteiger charge is -2.25. The number of rotatable bonds is 5. The molecule has 0 spiro atoms. The van der Waals surface area contributed by atoms with Gasteiger partial charge in [0, 0.05) is 24.6 Å². The summed E-state index contributed by atoms with van der Waals surface area (Å²) in [5.41, 5.74) is 2.05. The summed E-state index contributed by atoms with van der Waals surface area (Å²) in [4.78, 5) is 25.1. The summed E-state index contributed by atoms with van der Waals surface area (Å²) in [6.07, 6.45) is 2.42.